The molecule has 15 heavy (non-hydrogen) atoms. The lowest BCUT2D eigenvalue weighted by Gasteiger charge is -2.28. The van der Waals surface area contributed by atoms with Gasteiger partial charge in [-0.2, -0.15) is 12.6 Å². The van der Waals surface area contributed by atoms with Gasteiger partial charge >= 0.3 is 0 Å². The normalized spacial score (nSPS) is 26.5. The van der Waals surface area contributed by atoms with Gasteiger partial charge in [-0.25, -0.2) is 0 Å². The van der Waals surface area contributed by atoms with E-state index in [4.69, 9.17) is 4.74 Å². The second-order valence-corrected chi connectivity index (χ2v) is 5.60. The molecule has 1 aromatic carbocycles. The van der Waals surface area contributed by atoms with Crippen LogP contribution in [0.3, 0.4) is 0 Å². The molecule has 1 aliphatic rings. The summed E-state index contributed by atoms with van der Waals surface area (Å²) < 4.78 is 6.62. The van der Waals surface area contributed by atoms with Gasteiger partial charge in [-0.3, -0.25) is 0 Å². The molecule has 0 bridgehead atoms. The van der Waals surface area contributed by atoms with E-state index >= 15 is 0 Å². The lowest BCUT2D eigenvalue weighted by Crippen LogP contribution is -2.29. The van der Waals surface area contributed by atoms with Crippen molar-refractivity contribution in [2.75, 3.05) is 13.2 Å². The van der Waals surface area contributed by atoms with E-state index in [1.807, 2.05) is 0 Å². The summed E-state index contributed by atoms with van der Waals surface area (Å²) in [4.78, 5) is 0. The number of benzene rings is 1. The van der Waals surface area contributed by atoms with E-state index in [1.165, 1.54) is 5.56 Å². The van der Waals surface area contributed by atoms with Gasteiger partial charge in [0.15, 0.2) is 0 Å². The zero-order chi connectivity index (χ0) is 10.7. The molecule has 1 aliphatic heterocycles. The van der Waals surface area contributed by atoms with E-state index in [1.54, 1.807) is 0 Å². The lowest BCUT2D eigenvalue weighted by atomic mass is 9.94. The monoisotopic (exact) mass is 286 g/mol. The predicted molar refractivity (Wildman–Crippen MR) is 69.5 cm³/mol. The van der Waals surface area contributed by atoms with Crippen molar-refractivity contribution in [3.8, 4) is 0 Å². The molecule has 1 heterocycles. The maximum atomic E-state index is 5.49. The Morgan fingerprint density at radius 1 is 1.33 bits per heavy atom. The van der Waals surface area contributed by atoms with Crippen molar-refractivity contribution in [2.24, 2.45) is 5.92 Å². The average Bonchev–Trinajstić information content (AvgIpc) is 2.25. The van der Waals surface area contributed by atoms with Crippen molar-refractivity contribution in [2.45, 2.75) is 18.1 Å². The summed E-state index contributed by atoms with van der Waals surface area (Å²) >= 11 is 8.06. The van der Waals surface area contributed by atoms with E-state index in [2.05, 4.69) is 52.8 Å². The zero-order valence-corrected chi connectivity index (χ0v) is 11.0. The Kier molecular flexibility index (Phi) is 4.12. The highest BCUT2D eigenvalue weighted by Crippen LogP contribution is 2.24. The number of halogens is 1. The van der Waals surface area contributed by atoms with Crippen LogP contribution in [-0.2, 0) is 11.2 Å². The van der Waals surface area contributed by atoms with E-state index in [-0.39, 0.29) is 0 Å². The zero-order valence-electron chi connectivity index (χ0n) is 8.53. The summed E-state index contributed by atoms with van der Waals surface area (Å²) in [6, 6.07) is 8.51. The van der Waals surface area contributed by atoms with Gasteiger partial charge in [-0.05, 0) is 36.5 Å². The van der Waals surface area contributed by atoms with Gasteiger partial charge in [0.05, 0.1) is 6.61 Å². The maximum Gasteiger partial charge on any atom is 0.0507 e. The summed E-state index contributed by atoms with van der Waals surface area (Å²) in [5, 5.41) is 0.488. The van der Waals surface area contributed by atoms with E-state index in [9.17, 15) is 0 Å². The fourth-order valence-electron chi connectivity index (χ4n) is 1.90. The predicted octanol–water partition coefficient (Wildman–Crippen LogP) is 3.33. The molecular weight excluding hydrogens is 272 g/mol. The van der Waals surface area contributed by atoms with E-state index in [0.29, 0.717) is 11.2 Å². The van der Waals surface area contributed by atoms with Gasteiger partial charge in [0, 0.05) is 16.3 Å². The first kappa shape index (κ1) is 11.5. The molecule has 2 rings (SSSR count). The summed E-state index contributed by atoms with van der Waals surface area (Å²) in [6.07, 6.45) is 2.14. The molecule has 0 radical (unpaired) electrons. The minimum atomic E-state index is 0.488. The standard InChI is InChI=1S/C12H15BrOS/c13-11-3-1-9(2-4-11)7-10-8-14-6-5-12(10)15/h1-4,10,12,15H,5-8H2/t10-,12+/m0/s1. The van der Waals surface area contributed by atoms with Crippen LogP contribution in [0.4, 0.5) is 0 Å². The lowest BCUT2D eigenvalue weighted by molar-refractivity contribution is 0.0596. The summed E-state index contributed by atoms with van der Waals surface area (Å²) in [5.41, 5.74) is 1.37. The fourth-order valence-corrected chi connectivity index (χ4v) is 2.46. The maximum absolute atomic E-state index is 5.49. The Morgan fingerprint density at radius 2 is 2.07 bits per heavy atom. The van der Waals surface area contributed by atoms with Gasteiger partial charge in [0.25, 0.3) is 0 Å². The molecular formula is C12H15BrOS. The number of thiol groups is 1. The Hall–Kier alpha value is 0.01000. The SMILES string of the molecule is S[C@@H]1CCOC[C@@H]1Cc1ccc(Br)cc1. The molecule has 0 saturated carbocycles. The topological polar surface area (TPSA) is 9.23 Å². The Labute approximate surface area is 105 Å². The van der Waals surface area contributed by atoms with Crippen LogP contribution in [-0.4, -0.2) is 18.5 Å². The van der Waals surface area contributed by atoms with Crippen LogP contribution in [0.2, 0.25) is 0 Å². The van der Waals surface area contributed by atoms with Gasteiger partial charge < -0.3 is 4.74 Å². The molecule has 0 aromatic heterocycles. The van der Waals surface area contributed by atoms with Gasteiger partial charge in [-0.1, -0.05) is 28.1 Å². The van der Waals surface area contributed by atoms with Crippen molar-refractivity contribution in [3.63, 3.8) is 0 Å². The third-order valence-corrected chi connectivity index (χ3v) is 4.05. The minimum Gasteiger partial charge on any atom is -0.381 e. The van der Waals surface area contributed by atoms with E-state index < -0.39 is 0 Å². The van der Waals surface area contributed by atoms with Crippen LogP contribution in [0.15, 0.2) is 28.7 Å². The molecule has 0 spiro atoms. The highest BCUT2D eigenvalue weighted by molar-refractivity contribution is 9.10. The second kappa shape index (κ2) is 5.37. The highest BCUT2D eigenvalue weighted by atomic mass is 79.9. The number of ether oxygens (including phenoxy) is 1. The van der Waals surface area contributed by atoms with Crippen LogP contribution in [0, 0.1) is 5.92 Å². The van der Waals surface area contributed by atoms with Gasteiger partial charge in [0.1, 0.15) is 0 Å². The van der Waals surface area contributed by atoms with Crippen LogP contribution in [0.5, 0.6) is 0 Å². The molecule has 1 fully saturated rings. The largest absolute Gasteiger partial charge is 0.381 e. The molecule has 0 N–H and O–H groups in total. The van der Waals surface area contributed by atoms with Crippen LogP contribution >= 0.6 is 28.6 Å². The molecule has 0 amide bonds. The highest BCUT2D eigenvalue weighted by Gasteiger charge is 2.22. The quantitative estimate of drug-likeness (QED) is 0.821. The van der Waals surface area contributed by atoms with Crippen molar-refractivity contribution in [3.05, 3.63) is 34.3 Å². The third-order valence-electron chi connectivity index (χ3n) is 2.85. The summed E-state index contributed by atoms with van der Waals surface area (Å²) in [7, 11) is 0. The third kappa shape index (κ3) is 3.23. The number of hydrogen-bond donors (Lipinski definition) is 1. The first-order chi connectivity index (χ1) is 7.25. The molecule has 0 aliphatic carbocycles. The summed E-state index contributed by atoms with van der Waals surface area (Å²) in [5.74, 6) is 0.559. The Morgan fingerprint density at radius 3 is 2.73 bits per heavy atom. The fraction of sp³-hybridized carbons (Fsp3) is 0.500. The molecule has 1 saturated heterocycles. The molecule has 2 atom stereocenters. The van der Waals surface area contributed by atoms with Crippen LogP contribution in [0.25, 0.3) is 0 Å². The van der Waals surface area contributed by atoms with E-state index in [0.717, 1.165) is 30.5 Å². The second-order valence-electron chi connectivity index (χ2n) is 4.02. The molecule has 82 valence electrons. The minimum absolute atomic E-state index is 0.488. The van der Waals surface area contributed by atoms with Crippen molar-refractivity contribution in [1.29, 1.82) is 0 Å². The van der Waals surface area contributed by atoms with Crippen LogP contribution in [0.1, 0.15) is 12.0 Å². The molecule has 0 unspecified atom stereocenters. The first-order valence-corrected chi connectivity index (χ1v) is 6.57. The smallest absolute Gasteiger partial charge is 0.0507 e. The average molecular weight is 287 g/mol. The number of rotatable bonds is 2. The first-order valence-electron chi connectivity index (χ1n) is 5.26. The molecule has 3 heteroatoms. The van der Waals surface area contributed by atoms with Gasteiger partial charge in [0.2, 0.25) is 0 Å². The Balaban J connectivity index is 1.98. The number of hydrogen-bond acceptors (Lipinski definition) is 2. The Bertz CT molecular complexity index is 312. The van der Waals surface area contributed by atoms with Crippen molar-refractivity contribution < 1.29 is 4.74 Å². The van der Waals surface area contributed by atoms with Crippen molar-refractivity contribution in [1.82, 2.24) is 0 Å². The molecule has 1 aromatic rings. The van der Waals surface area contributed by atoms with Crippen molar-refractivity contribution >= 4 is 28.6 Å². The summed E-state index contributed by atoms with van der Waals surface area (Å²) in [6.45, 7) is 1.72. The van der Waals surface area contributed by atoms with Gasteiger partial charge in [-0.15, -0.1) is 0 Å². The van der Waals surface area contributed by atoms with Crippen LogP contribution < -0.4 is 0 Å². The molecule has 1 nitrogen and oxygen atoms in total.